The molecule has 0 fully saturated rings. The first-order valence-corrected chi connectivity index (χ1v) is 9.04. The van der Waals surface area contributed by atoms with Crippen molar-refractivity contribution in [1.82, 2.24) is 19.5 Å². The van der Waals surface area contributed by atoms with Crippen LogP contribution in [-0.4, -0.2) is 19.5 Å². The van der Waals surface area contributed by atoms with Gasteiger partial charge in [-0.1, -0.05) is 12.1 Å². The predicted molar refractivity (Wildman–Crippen MR) is 97.1 cm³/mol. The number of aromatic nitrogens is 4. The molecule has 3 aromatic heterocycles. The van der Waals surface area contributed by atoms with Crippen molar-refractivity contribution < 1.29 is 0 Å². The van der Waals surface area contributed by atoms with E-state index >= 15 is 0 Å². The number of benzene rings is 1. The third kappa shape index (κ3) is 2.08. The van der Waals surface area contributed by atoms with Crippen LogP contribution in [0.5, 0.6) is 0 Å². The van der Waals surface area contributed by atoms with Gasteiger partial charge in [-0.3, -0.25) is 4.98 Å². The molecule has 0 radical (unpaired) electrons. The Morgan fingerprint density at radius 1 is 1.12 bits per heavy atom. The molecule has 24 heavy (non-hydrogen) atoms. The van der Waals surface area contributed by atoms with E-state index in [1.807, 2.05) is 18.5 Å². The molecule has 4 aromatic rings. The standard InChI is InChI=1S/C19H16N4S/c1-12-4-2-5-15(21-12)18-19(23-9-3-6-17(23)22-18)13-7-8-14-16(10-13)24-11-20-14/h2,4-5,7-8,10-11H,3,6,9H2,1H3. The van der Waals surface area contributed by atoms with E-state index in [0.717, 1.165) is 35.6 Å². The Bertz CT molecular complexity index is 1060. The minimum Gasteiger partial charge on any atom is -0.327 e. The molecule has 0 saturated carbocycles. The van der Waals surface area contributed by atoms with Crippen molar-refractivity contribution >= 4 is 21.6 Å². The SMILES string of the molecule is Cc1cccc(-c2nc3n(c2-c2ccc4ncsc4c2)CCC3)n1. The molecule has 0 amide bonds. The summed E-state index contributed by atoms with van der Waals surface area (Å²) in [5.74, 6) is 1.17. The van der Waals surface area contributed by atoms with Gasteiger partial charge in [0.25, 0.3) is 0 Å². The zero-order chi connectivity index (χ0) is 16.1. The van der Waals surface area contributed by atoms with Gasteiger partial charge in [0.2, 0.25) is 0 Å². The van der Waals surface area contributed by atoms with Gasteiger partial charge >= 0.3 is 0 Å². The zero-order valence-electron chi connectivity index (χ0n) is 13.4. The minimum atomic E-state index is 0.955. The van der Waals surface area contributed by atoms with Crippen LogP contribution in [0.25, 0.3) is 32.9 Å². The molecule has 4 heterocycles. The van der Waals surface area contributed by atoms with Gasteiger partial charge in [-0.05, 0) is 37.6 Å². The Balaban J connectivity index is 1.77. The van der Waals surface area contributed by atoms with E-state index in [9.17, 15) is 0 Å². The van der Waals surface area contributed by atoms with Crippen molar-refractivity contribution in [3.63, 3.8) is 0 Å². The van der Waals surface area contributed by atoms with Crippen molar-refractivity contribution in [2.45, 2.75) is 26.3 Å². The summed E-state index contributed by atoms with van der Waals surface area (Å²) in [5, 5.41) is 0. The quantitative estimate of drug-likeness (QED) is 0.544. The molecule has 0 bridgehead atoms. The molecule has 0 saturated heterocycles. The van der Waals surface area contributed by atoms with E-state index in [2.05, 4.69) is 39.9 Å². The third-order valence-corrected chi connectivity index (χ3v) is 5.36. The van der Waals surface area contributed by atoms with Crippen LogP contribution in [0.2, 0.25) is 0 Å². The van der Waals surface area contributed by atoms with Crippen LogP contribution in [0.3, 0.4) is 0 Å². The number of aryl methyl sites for hydroxylation is 2. The molecule has 5 rings (SSSR count). The van der Waals surface area contributed by atoms with Crippen LogP contribution in [-0.2, 0) is 13.0 Å². The van der Waals surface area contributed by atoms with Gasteiger partial charge in [0.05, 0.1) is 27.1 Å². The lowest BCUT2D eigenvalue weighted by molar-refractivity contribution is 0.756. The summed E-state index contributed by atoms with van der Waals surface area (Å²) in [6.45, 7) is 3.06. The number of hydrogen-bond donors (Lipinski definition) is 0. The Morgan fingerprint density at radius 2 is 2.08 bits per heavy atom. The van der Waals surface area contributed by atoms with Crippen molar-refractivity contribution in [3.8, 4) is 22.6 Å². The fraction of sp³-hybridized carbons (Fsp3) is 0.211. The smallest absolute Gasteiger partial charge is 0.115 e. The summed E-state index contributed by atoms with van der Waals surface area (Å²) < 4.78 is 3.57. The lowest BCUT2D eigenvalue weighted by atomic mass is 10.1. The Hall–Kier alpha value is -2.53. The number of nitrogens with zero attached hydrogens (tertiary/aromatic N) is 4. The van der Waals surface area contributed by atoms with E-state index in [-0.39, 0.29) is 0 Å². The molecule has 0 spiro atoms. The molecule has 1 aromatic carbocycles. The zero-order valence-corrected chi connectivity index (χ0v) is 14.2. The monoisotopic (exact) mass is 332 g/mol. The largest absolute Gasteiger partial charge is 0.327 e. The van der Waals surface area contributed by atoms with Gasteiger partial charge < -0.3 is 4.57 Å². The molecule has 0 aliphatic carbocycles. The second-order valence-corrected chi connectivity index (χ2v) is 7.07. The van der Waals surface area contributed by atoms with E-state index < -0.39 is 0 Å². The molecule has 1 aliphatic rings. The summed E-state index contributed by atoms with van der Waals surface area (Å²) in [4.78, 5) is 14.0. The summed E-state index contributed by atoms with van der Waals surface area (Å²) in [7, 11) is 0. The van der Waals surface area contributed by atoms with Crippen LogP contribution in [0.4, 0.5) is 0 Å². The highest BCUT2D eigenvalue weighted by Gasteiger charge is 2.24. The molecule has 0 atom stereocenters. The van der Waals surface area contributed by atoms with Crippen molar-refractivity contribution in [3.05, 3.63) is 53.4 Å². The molecule has 0 unspecified atom stereocenters. The number of hydrogen-bond acceptors (Lipinski definition) is 4. The molecule has 1 aliphatic heterocycles. The first-order valence-electron chi connectivity index (χ1n) is 8.17. The van der Waals surface area contributed by atoms with Gasteiger partial charge in [0.1, 0.15) is 11.5 Å². The highest BCUT2D eigenvalue weighted by molar-refractivity contribution is 7.16. The Kier molecular flexibility index (Phi) is 3.03. The van der Waals surface area contributed by atoms with E-state index in [1.54, 1.807) is 11.3 Å². The van der Waals surface area contributed by atoms with Crippen molar-refractivity contribution in [2.75, 3.05) is 0 Å². The van der Waals surface area contributed by atoms with Gasteiger partial charge in [-0.25, -0.2) is 9.97 Å². The van der Waals surface area contributed by atoms with Gasteiger partial charge in [0.15, 0.2) is 0 Å². The summed E-state index contributed by atoms with van der Waals surface area (Å²) >= 11 is 1.68. The molecular weight excluding hydrogens is 316 g/mol. The first-order chi connectivity index (χ1) is 11.8. The van der Waals surface area contributed by atoms with Crippen LogP contribution >= 0.6 is 11.3 Å². The highest BCUT2D eigenvalue weighted by Crippen LogP contribution is 2.36. The molecule has 5 heteroatoms. The second-order valence-electron chi connectivity index (χ2n) is 6.18. The first kappa shape index (κ1) is 13.9. The fourth-order valence-electron chi connectivity index (χ4n) is 3.47. The lowest BCUT2D eigenvalue weighted by Crippen LogP contribution is -1.97. The summed E-state index contributed by atoms with van der Waals surface area (Å²) in [5.41, 5.74) is 8.32. The molecular formula is C19H16N4S. The number of rotatable bonds is 2. The average molecular weight is 332 g/mol. The highest BCUT2D eigenvalue weighted by atomic mass is 32.1. The summed E-state index contributed by atoms with van der Waals surface area (Å²) in [6.07, 6.45) is 2.21. The van der Waals surface area contributed by atoms with Crippen LogP contribution in [0.15, 0.2) is 41.9 Å². The molecule has 0 N–H and O–H groups in total. The van der Waals surface area contributed by atoms with E-state index in [0.29, 0.717) is 0 Å². The van der Waals surface area contributed by atoms with Crippen molar-refractivity contribution in [1.29, 1.82) is 0 Å². The average Bonchev–Trinajstić information content (AvgIpc) is 3.29. The normalized spacial score (nSPS) is 13.5. The van der Waals surface area contributed by atoms with Crippen LogP contribution in [0.1, 0.15) is 17.9 Å². The molecule has 4 nitrogen and oxygen atoms in total. The van der Waals surface area contributed by atoms with Crippen molar-refractivity contribution in [2.24, 2.45) is 0 Å². The lowest BCUT2D eigenvalue weighted by Gasteiger charge is -2.09. The summed E-state index contributed by atoms with van der Waals surface area (Å²) in [6, 6.07) is 12.6. The maximum atomic E-state index is 4.93. The Morgan fingerprint density at radius 3 is 3.00 bits per heavy atom. The van der Waals surface area contributed by atoms with Crippen LogP contribution < -0.4 is 0 Å². The van der Waals surface area contributed by atoms with Gasteiger partial charge in [0, 0.05) is 24.2 Å². The van der Waals surface area contributed by atoms with E-state index in [4.69, 9.17) is 9.97 Å². The fourth-order valence-corrected chi connectivity index (χ4v) is 4.19. The molecule has 118 valence electrons. The van der Waals surface area contributed by atoms with E-state index in [1.165, 1.54) is 28.2 Å². The maximum absolute atomic E-state index is 4.93. The van der Waals surface area contributed by atoms with Crippen LogP contribution in [0, 0.1) is 6.92 Å². The predicted octanol–water partition coefficient (Wildman–Crippen LogP) is 4.48. The second kappa shape index (κ2) is 5.24. The topological polar surface area (TPSA) is 43.6 Å². The minimum absolute atomic E-state index is 0.955. The Labute approximate surface area is 143 Å². The number of fused-ring (bicyclic) bond motifs is 2. The number of thiazole rings is 1. The number of pyridine rings is 1. The third-order valence-electron chi connectivity index (χ3n) is 4.56. The van der Waals surface area contributed by atoms with Gasteiger partial charge in [-0.15, -0.1) is 11.3 Å². The number of imidazole rings is 1. The van der Waals surface area contributed by atoms with Gasteiger partial charge in [-0.2, -0.15) is 0 Å². The maximum Gasteiger partial charge on any atom is 0.115 e.